The highest BCUT2D eigenvalue weighted by atomic mass is 16.2. The number of carbonyl (C=O) groups is 1. The largest absolute Gasteiger partial charge is 0.383 e. The highest BCUT2D eigenvalue weighted by Gasteiger charge is 2.09. The van der Waals surface area contributed by atoms with E-state index in [4.69, 9.17) is 5.73 Å². The number of pyridine rings is 2. The average Bonchev–Trinajstić information content (AvgIpc) is 2.98. The molecule has 0 spiro atoms. The van der Waals surface area contributed by atoms with Gasteiger partial charge in [-0.25, -0.2) is 9.97 Å². The highest BCUT2D eigenvalue weighted by Crippen LogP contribution is 2.23. The van der Waals surface area contributed by atoms with Gasteiger partial charge in [-0.1, -0.05) is 50.5 Å². The fraction of sp³-hybridized carbons (Fsp3) is 0.258. The summed E-state index contributed by atoms with van der Waals surface area (Å²) in [6.45, 7) is 0. The van der Waals surface area contributed by atoms with Crippen LogP contribution in [0.25, 0.3) is 11.3 Å². The number of aromatic nitrogens is 4. The van der Waals surface area contributed by atoms with Crippen molar-refractivity contribution in [3.05, 3.63) is 90.0 Å². The number of amides is 1. The van der Waals surface area contributed by atoms with E-state index >= 15 is 0 Å². The number of benzene rings is 1. The lowest BCUT2D eigenvalue weighted by Crippen LogP contribution is -2.21. The SMILES string of the molecule is C1CCCCC1.CN(C)C(=O)c1ccnc(C#Cc2ccc(Nc3ncc(-c4ccccn4)c(N)n3)cc2)c1. The predicted molar refractivity (Wildman–Crippen MR) is 155 cm³/mol. The summed E-state index contributed by atoms with van der Waals surface area (Å²) in [6.07, 6.45) is 13.9. The molecular weight excluding hydrogens is 486 g/mol. The molecule has 0 bridgehead atoms. The van der Waals surface area contributed by atoms with E-state index in [0.29, 0.717) is 28.6 Å². The molecule has 1 aliphatic carbocycles. The lowest BCUT2D eigenvalue weighted by Gasteiger charge is -2.09. The molecule has 1 amide bonds. The molecule has 5 rings (SSSR count). The van der Waals surface area contributed by atoms with Crippen LogP contribution < -0.4 is 11.1 Å². The second kappa shape index (κ2) is 13.7. The van der Waals surface area contributed by atoms with Crippen LogP contribution in [-0.2, 0) is 0 Å². The van der Waals surface area contributed by atoms with Gasteiger partial charge in [0.05, 0.1) is 11.3 Å². The molecule has 0 saturated heterocycles. The second-order valence-corrected chi connectivity index (χ2v) is 9.41. The molecule has 3 aromatic heterocycles. The van der Waals surface area contributed by atoms with Gasteiger partial charge in [0, 0.05) is 49.5 Å². The lowest BCUT2D eigenvalue weighted by molar-refractivity contribution is 0.0827. The summed E-state index contributed by atoms with van der Waals surface area (Å²) in [6, 6.07) is 16.4. The zero-order valence-electron chi connectivity index (χ0n) is 22.4. The summed E-state index contributed by atoms with van der Waals surface area (Å²) >= 11 is 0. The Balaban J connectivity index is 0.000000519. The smallest absolute Gasteiger partial charge is 0.253 e. The van der Waals surface area contributed by atoms with E-state index in [0.717, 1.165) is 16.9 Å². The number of nitrogen functional groups attached to an aromatic ring is 1. The summed E-state index contributed by atoms with van der Waals surface area (Å²) in [5, 5.41) is 3.13. The quantitative estimate of drug-likeness (QED) is 0.333. The van der Waals surface area contributed by atoms with Gasteiger partial charge in [0.25, 0.3) is 5.91 Å². The summed E-state index contributed by atoms with van der Waals surface area (Å²) in [5.74, 6) is 6.69. The van der Waals surface area contributed by atoms with Gasteiger partial charge in [0.1, 0.15) is 11.5 Å². The summed E-state index contributed by atoms with van der Waals surface area (Å²) in [4.78, 5) is 30.8. The molecule has 3 N–H and O–H groups in total. The van der Waals surface area contributed by atoms with Crippen molar-refractivity contribution in [1.29, 1.82) is 0 Å². The number of rotatable bonds is 4. The van der Waals surface area contributed by atoms with Crippen LogP contribution in [0.3, 0.4) is 0 Å². The van der Waals surface area contributed by atoms with Crippen LogP contribution in [0.4, 0.5) is 17.5 Å². The van der Waals surface area contributed by atoms with Crippen molar-refractivity contribution in [3.8, 4) is 23.1 Å². The zero-order chi connectivity index (χ0) is 27.5. The Bertz CT molecular complexity index is 1430. The third-order valence-corrected chi connectivity index (χ3v) is 6.15. The van der Waals surface area contributed by atoms with E-state index in [9.17, 15) is 4.79 Å². The number of nitrogens with zero attached hydrogens (tertiary/aromatic N) is 5. The Hall–Kier alpha value is -4.77. The standard InChI is InChI=1S/C25H21N7O.C6H12/c1-32(2)24(33)18-12-14-27-20(15-18)11-8-17-6-9-19(10-7-17)30-25-29-16-21(23(26)31-25)22-5-3-4-13-28-22;1-2-4-6-5-3-1/h3-7,9-10,12-16H,1-2H3,(H3,26,29,30,31);1-6H2. The first-order chi connectivity index (χ1) is 19.0. The van der Waals surface area contributed by atoms with Gasteiger partial charge in [0.2, 0.25) is 5.95 Å². The first kappa shape index (κ1) is 27.3. The molecule has 1 aromatic carbocycles. The topological polar surface area (TPSA) is 110 Å². The molecule has 0 radical (unpaired) electrons. The van der Waals surface area contributed by atoms with Crippen molar-refractivity contribution >= 4 is 23.4 Å². The molecule has 0 atom stereocenters. The maximum atomic E-state index is 12.1. The van der Waals surface area contributed by atoms with Crippen molar-refractivity contribution in [1.82, 2.24) is 24.8 Å². The van der Waals surface area contributed by atoms with E-state index in [1.54, 1.807) is 44.8 Å². The lowest BCUT2D eigenvalue weighted by atomic mass is 10.0. The van der Waals surface area contributed by atoms with Crippen molar-refractivity contribution < 1.29 is 4.79 Å². The Labute approximate surface area is 229 Å². The number of hydrogen-bond acceptors (Lipinski definition) is 7. The number of anilines is 3. The number of nitrogens with one attached hydrogen (secondary N) is 1. The van der Waals surface area contributed by atoms with Gasteiger partial charge < -0.3 is 16.0 Å². The second-order valence-electron chi connectivity index (χ2n) is 9.41. The van der Waals surface area contributed by atoms with Crippen molar-refractivity contribution in [2.45, 2.75) is 38.5 Å². The minimum atomic E-state index is -0.0909. The van der Waals surface area contributed by atoms with Crippen LogP contribution in [0, 0.1) is 11.8 Å². The monoisotopic (exact) mass is 519 g/mol. The van der Waals surface area contributed by atoms with E-state index in [1.165, 1.54) is 43.4 Å². The Morgan fingerprint density at radius 1 is 0.872 bits per heavy atom. The Morgan fingerprint density at radius 2 is 1.59 bits per heavy atom. The fourth-order valence-corrected chi connectivity index (χ4v) is 4.03. The van der Waals surface area contributed by atoms with Crippen LogP contribution >= 0.6 is 0 Å². The van der Waals surface area contributed by atoms with E-state index < -0.39 is 0 Å². The van der Waals surface area contributed by atoms with Gasteiger partial charge in [-0.2, -0.15) is 4.98 Å². The van der Waals surface area contributed by atoms with Gasteiger partial charge >= 0.3 is 0 Å². The molecular formula is C31H33N7O. The molecule has 8 nitrogen and oxygen atoms in total. The molecule has 8 heteroatoms. The summed E-state index contributed by atoms with van der Waals surface area (Å²) < 4.78 is 0. The molecule has 39 heavy (non-hydrogen) atoms. The van der Waals surface area contributed by atoms with E-state index in [1.807, 2.05) is 42.5 Å². The predicted octanol–water partition coefficient (Wildman–Crippen LogP) is 5.70. The first-order valence-corrected chi connectivity index (χ1v) is 13.1. The van der Waals surface area contributed by atoms with Crippen LogP contribution in [0.2, 0.25) is 0 Å². The fourth-order valence-electron chi connectivity index (χ4n) is 4.03. The van der Waals surface area contributed by atoms with Crippen LogP contribution in [0.1, 0.15) is 60.1 Å². The highest BCUT2D eigenvalue weighted by molar-refractivity contribution is 5.94. The maximum Gasteiger partial charge on any atom is 0.253 e. The molecule has 4 aromatic rings. The van der Waals surface area contributed by atoms with Crippen LogP contribution in [0.15, 0.2) is 73.2 Å². The van der Waals surface area contributed by atoms with Crippen molar-refractivity contribution in [2.75, 3.05) is 25.1 Å². The molecule has 198 valence electrons. The van der Waals surface area contributed by atoms with Crippen LogP contribution in [-0.4, -0.2) is 44.8 Å². The summed E-state index contributed by atoms with van der Waals surface area (Å²) in [5.41, 5.74) is 10.2. The third kappa shape index (κ3) is 8.11. The first-order valence-electron chi connectivity index (χ1n) is 13.1. The normalized spacial score (nSPS) is 12.3. The maximum absolute atomic E-state index is 12.1. The van der Waals surface area contributed by atoms with Crippen molar-refractivity contribution in [3.63, 3.8) is 0 Å². The molecule has 1 fully saturated rings. The van der Waals surface area contributed by atoms with Gasteiger partial charge in [-0.15, -0.1) is 0 Å². The number of carbonyl (C=O) groups excluding carboxylic acids is 1. The molecule has 1 aliphatic rings. The molecule has 3 heterocycles. The van der Waals surface area contributed by atoms with E-state index in [2.05, 4.69) is 37.1 Å². The van der Waals surface area contributed by atoms with Crippen molar-refractivity contribution in [2.24, 2.45) is 0 Å². The number of nitrogens with two attached hydrogens (primary N) is 1. The third-order valence-electron chi connectivity index (χ3n) is 6.15. The molecule has 0 aliphatic heterocycles. The Morgan fingerprint density at radius 3 is 2.21 bits per heavy atom. The van der Waals surface area contributed by atoms with Gasteiger partial charge in [0.15, 0.2) is 0 Å². The van der Waals surface area contributed by atoms with Crippen LogP contribution in [0.5, 0.6) is 0 Å². The molecule has 0 unspecified atom stereocenters. The zero-order valence-corrected chi connectivity index (χ0v) is 22.4. The van der Waals surface area contributed by atoms with E-state index in [-0.39, 0.29) is 5.91 Å². The Kier molecular flexibility index (Phi) is 9.57. The molecule has 1 saturated carbocycles. The minimum absolute atomic E-state index is 0.0909. The number of hydrogen-bond donors (Lipinski definition) is 2. The minimum Gasteiger partial charge on any atom is -0.383 e. The average molecular weight is 520 g/mol. The van der Waals surface area contributed by atoms with Gasteiger partial charge in [-0.05, 0) is 54.5 Å². The van der Waals surface area contributed by atoms with Gasteiger partial charge in [-0.3, -0.25) is 9.78 Å². The summed E-state index contributed by atoms with van der Waals surface area (Å²) in [7, 11) is 3.41.